The Morgan fingerprint density at radius 3 is 3.10 bits per heavy atom. The van der Waals surface area contributed by atoms with E-state index in [9.17, 15) is 14.1 Å². The van der Waals surface area contributed by atoms with Crippen molar-refractivity contribution in [2.75, 3.05) is 11.9 Å². The number of aliphatic hydroxyl groups excluding tert-OH is 1. The topological polar surface area (TPSA) is 108 Å². The number of amides is 1. The monoisotopic (exact) mass is 316 g/mol. The van der Waals surface area contributed by atoms with Crippen LogP contribution in [-0.4, -0.2) is 38.7 Å². The highest BCUT2D eigenvalue weighted by Crippen LogP contribution is 2.22. The normalized spacial score (nSPS) is 13.7. The molecule has 1 rings (SSSR count). The number of nitrogens with one attached hydrogen (secondary N) is 1. The number of anilines is 1. The van der Waals surface area contributed by atoms with E-state index >= 15 is 0 Å². The van der Waals surface area contributed by atoms with Gasteiger partial charge < -0.3 is 10.4 Å². The van der Waals surface area contributed by atoms with Crippen molar-refractivity contribution >= 4 is 39.8 Å². The summed E-state index contributed by atoms with van der Waals surface area (Å²) in [6, 6.07) is 3.27. The second-order valence-electron chi connectivity index (χ2n) is 3.31. The molecule has 1 heterocycles. The lowest BCUT2D eigenvalue weighted by Crippen LogP contribution is -2.18. The van der Waals surface area contributed by atoms with Crippen LogP contribution in [-0.2, 0) is 15.5 Å². The fraction of sp³-hybridized carbons (Fsp3) is 0.182. The van der Waals surface area contributed by atoms with Crippen LogP contribution in [0.3, 0.4) is 0 Å². The number of aliphatic hydroxyl groups is 1. The highest BCUT2D eigenvalue weighted by atomic mass is 32.2. The summed E-state index contributed by atoms with van der Waals surface area (Å²) in [5.41, 5.74) is 2.53. The molecule has 0 aliphatic carbocycles. The minimum Gasteiger partial charge on any atom is -0.385 e. The van der Waals surface area contributed by atoms with Crippen molar-refractivity contribution in [2.45, 2.75) is 6.10 Å². The van der Waals surface area contributed by atoms with Crippen molar-refractivity contribution in [2.24, 2.45) is 4.99 Å². The molecular weight excluding hydrogens is 304 g/mol. The van der Waals surface area contributed by atoms with Gasteiger partial charge in [0.25, 0.3) is 5.91 Å². The number of rotatable bonds is 7. The van der Waals surface area contributed by atoms with Gasteiger partial charge in [-0.3, -0.25) is 13.5 Å². The minimum absolute atomic E-state index is 0.375. The number of hydrogen-bond acceptors (Lipinski definition) is 6. The molecule has 0 spiro atoms. The highest BCUT2D eigenvalue weighted by Gasteiger charge is 2.09. The maximum absolute atomic E-state index is 11.7. The van der Waals surface area contributed by atoms with E-state index in [2.05, 4.69) is 26.8 Å². The van der Waals surface area contributed by atoms with Crippen LogP contribution < -0.4 is 5.32 Å². The van der Waals surface area contributed by atoms with Crippen LogP contribution >= 0.6 is 11.3 Å². The van der Waals surface area contributed by atoms with Gasteiger partial charge in [0.15, 0.2) is 0 Å². The van der Waals surface area contributed by atoms with E-state index in [-0.39, 0.29) is 0 Å². The fourth-order valence-corrected chi connectivity index (χ4v) is 2.06. The van der Waals surface area contributed by atoms with Gasteiger partial charge in [0, 0.05) is 12.4 Å². The summed E-state index contributed by atoms with van der Waals surface area (Å²) in [4.78, 5) is 15.6. The molecule has 0 aliphatic heterocycles. The second kappa shape index (κ2) is 8.54. The van der Waals surface area contributed by atoms with Crippen LogP contribution in [0.4, 0.5) is 5.00 Å². The lowest BCUT2D eigenvalue weighted by atomic mass is 10.4. The van der Waals surface area contributed by atoms with Crippen LogP contribution in [0.25, 0.3) is 0 Å². The summed E-state index contributed by atoms with van der Waals surface area (Å²) >= 11 is -1.29. The highest BCUT2D eigenvalue weighted by molar-refractivity contribution is 7.74. The van der Waals surface area contributed by atoms with Crippen LogP contribution in [0.5, 0.6) is 0 Å². The summed E-state index contributed by atoms with van der Waals surface area (Å²) in [7, 11) is 0. The molecule has 1 aromatic rings. The van der Waals surface area contributed by atoms with Gasteiger partial charge in [0.1, 0.15) is 6.10 Å². The van der Waals surface area contributed by atoms with E-state index in [1.165, 1.54) is 17.5 Å². The van der Waals surface area contributed by atoms with Gasteiger partial charge in [0.05, 0.1) is 16.5 Å². The summed E-state index contributed by atoms with van der Waals surface area (Å²) in [6.07, 6.45) is 1.21. The van der Waals surface area contributed by atoms with Crippen LogP contribution in [0.2, 0.25) is 0 Å². The second-order valence-corrected chi connectivity index (χ2v) is 5.06. The van der Waals surface area contributed by atoms with E-state index in [1.807, 2.05) is 0 Å². The van der Waals surface area contributed by atoms with E-state index < -0.39 is 30.0 Å². The molecule has 0 radical (unpaired) electrons. The molecule has 108 valence electrons. The maximum atomic E-state index is 11.7. The van der Waals surface area contributed by atoms with Crippen molar-refractivity contribution in [3.63, 3.8) is 0 Å². The first-order chi connectivity index (χ1) is 9.52. The number of thiophene rings is 1. The largest absolute Gasteiger partial charge is 0.385 e. The van der Waals surface area contributed by atoms with Gasteiger partial charge in [0.2, 0.25) is 0 Å². The average molecular weight is 316 g/mol. The first-order valence-corrected chi connectivity index (χ1v) is 7.09. The van der Waals surface area contributed by atoms with Crippen molar-refractivity contribution in [3.8, 4) is 0 Å². The number of carbonyl (C=O) groups excluding carboxylic acids is 1. The molecule has 2 unspecified atom stereocenters. The van der Waals surface area contributed by atoms with Gasteiger partial charge in [-0.1, -0.05) is 6.58 Å². The number of carbonyl (C=O) groups is 1. The predicted octanol–water partition coefficient (Wildman–Crippen LogP) is 1.18. The molecule has 1 aromatic heterocycles. The van der Waals surface area contributed by atoms with Gasteiger partial charge in [-0.05, 0) is 12.1 Å². The first kappa shape index (κ1) is 16.4. The Balaban J connectivity index is 2.55. The minimum atomic E-state index is -2.46. The van der Waals surface area contributed by atoms with Gasteiger partial charge >= 0.3 is 11.4 Å². The first-order valence-electron chi connectivity index (χ1n) is 5.24. The van der Waals surface area contributed by atoms with E-state index in [4.69, 9.17) is 4.55 Å². The SMILES string of the molecule is C=C=CNc1ccc(C(=O)N=CC(O)COS(=O)O)s1. The third kappa shape index (κ3) is 6.02. The van der Waals surface area contributed by atoms with Crippen LogP contribution in [0.15, 0.2) is 35.6 Å². The molecular formula is C11H12N2O5S2. The fourth-order valence-electron chi connectivity index (χ4n) is 1.04. The van der Waals surface area contributed by atoms with Gasteiger partial charge in [-0.2, -0.15) is 4.21 Å². The predicted molar refractivity (Wildman–Crippen MR) is 77.2 cm³/mol. The molecule has 7 nitrogen and oxygen atoms in total. The summed E-state index contributed by atoms with van der Waals surface area (Å²) < 4.78 is 22.8. The molecule has 0 aromatic carbocycles. The molecule has 0 bridgehead atoms. The van der Waals surface area contributed by atoms with Crippen molar-refractivity contribution in [1.29, 1.82) is 0 Å². The van der Waals surface area contributed by atoms with Crippen molar-refractivity contribution in [1.82, 2.24) is 0 Å². The molecule has 9 heteroatoms. The van der Waals surface area contributed by atoms with Crippen molar-refractivity contribution < 1.29 is 22.8 Å². The van der Waals surface area contributed by atoms with Gasteiger partial charge in [-0.15, -0.1) is 17.1 Å². The Bertz CT molecular complexity index is 563. The third-order valence-electron chi connectivity index (χ3n) is 1.84. The number of aliphatic imine (C=N–C) groups is 1. The standard InChI is InChI=1S/C11H12N2O5S2/c1-2-5-12-10-4-3-9(19-10)11(15)13-6-8(14)7-18-20(16)17/h3-6,8,12,14H,1,7H2,(H,16,17). The average Bonchev–Trinajstić information content (AvgIpc) is 2.89. The Morgan fingerprint density at radius 1 is 1.70 bits per heavy atom. The summed E-state index contributed by atoms with van der Waals surface area (Å²) in [5.74, 6) is -0.533. The van der Waals surface area contributed by atoms with E-state index in [1.54, 1.807) is 12.1 Å². The molecule has 0 fully saturated rings. The van der Waals surface area contributed by atoms with E-state index in [0.717, 1.165) is 11.2 Å². The zero-order chi connectivity index (χ0) is 15.0. The molecule has 0 aliphatic rings. The smallest absolute Gasteiger partial charge is 0.301 e. The Morgan fingerprint density at radius 2 is 2.45 bits per heavy atom. The van der Waals surface area contributed by atoms with E-state index in [0.29, 0.717) is 4.88 Å². The molecule has 0 saturated heterocycles. The lowest BCUT2D eigenvalue weighted by Gasteiger charge is -2.01. The zero-order valence-corrected chi connectivity index (χ0v) is 11.8. The molecule has 20 heavy (non-hydrogen) atoms. The Hall–Kier alpha value is -1.61. The quantitative estimate of drug-likeness (QED) is 0.396. The molecule has 2 atom stereocenters. The third-order valence-corrected chi connectivity index (χ3v) is 3.18. The van der Waals surface area contributed by atoms with Crippen molar-refractivity contribution in [3.05, 3.63) is 35.5 Å². The Labute approximate surface area is 121 Å². The Kier molecular flexibility index (Phi) is 7.02. The van der Waals surface area contributed by atoms with Crippen LogP contribution in [0.1, 0.15) is 9.67 Å². The molecule has 3 N–H and O–H groups in total. The summed E-state index contributed by atoms with van der Waals surface area (Å²) in [5, 5.41) is 12.9. The van der Waals surface area contributed by atoms with Crippen LogP contribution in [0, 0.1) is 0 Å². The number of nitrogens with zero attached hydrogens (tertiary/aromatic N) is 1. The summed E-state index contributed by atoms with van der Waals surface area (Å²) in [6.45, 7) is 2.96. The number of hydrogen-bond donors (Lipinski definition) is 3. The zero-order valence-electron chi connectivity index (χ0n) is 10.2. The maximum Gasteiger partial charge on any atom is 0.301 e. The van der Waals surface area contributed by atoms with Gasteiger partial charge in [-0.25, -0.2) is 4.99 Å². The molecule has 0 saturated carbocycles. The molecule has 1 amide bonds. The lowest BCUT2D eigenvalue weighted by molar-refractivity contribution is 0.100.